The predicted octanol–water partition coefficient (Wildman–Crippen LogP) is 1.40. The minimum absolute atomic E-state index is 0.363. The van der Waals surface area contributed by atoms with E-state index in [9.17, 15) is 4.79 Å². The summed E-state index contributed by atoms with van der Waals surface area (Å²) >= 11 is 0. The largest absolute Gasteiger partial charge is 0.497 e. The maximum atomic E-state index is 10.9. The molecular formula is C14H19NO4. The third-order valence-electron chi connectivity index (χ3n) is 3.64. The van der Waals surface area contributed by atoms with Gasteiger partial charge in [0.05, 0.1) is 20.3 Å². The van der Waals surface area contributed by atoms with Gasteiger partial charge in [-0.15, -0.1) is 0 Å². The molecule has 0 aromatic heterocycles. The average molecular weight is 265 g/mol. The highest BCUT2D eigenvalue weighted by molar-refractivity contribution is 5.75. The van der Waals surface area contributed by atoms with Crippen LogP contribution in [0.25, 0.3) is 0 Å². The Morgan fingerprint density at radius 1 is 1.42 bits per heavy atom. The summed E-state index contributed by atoms with van der Waals surface area (Å²) in [6.07, 6.45) is 1.64. The lowest BCUT2D eigenvalue weighted by atomic mass is 9.98. The molecule has 2 rings (SSSR count). The topological polar surface area (TPSA) is 81.8 Å². The fourth-order valence-corrected chi connectivity index (χ4v) is 2.06. The zero-order valence-electron chi connectivity index (χ0n) is 11.0. The fourth-order valence-electron chi connectivity index (χ4n) is 2.06. The average Bonchev–Trinajstić information content (AvgIpc) is 3.19. The molecule has 1 saturated carbocycles. The number of carboxylic acid groups (broad SMARTS) is 1. The molecule has 1 aromatic carbocycles. The van der Waals surface area contributed by atoms with Crippen LogP contribution in [0, 0.1) is 5.41 Å². The van der Waals surface area contributed by atoms with E-state index in [0.717, 1.165) is 24.2 Å². The molecule has 104 valence electrons. The highest BCUT2D eigenvalue weighted by Crippen LogP contribution is 2.48. The first-order valence-electron chi connectivity index (χ1n) is 6.26. The van der Waals surface area contributed by atoms with Crippen LogP contribution < -0.4 is 10.5 Å². The summed E-state index contributed by atoms with van der Waals surface area (Å²) in [5, 5.41) is 8.94. The molecule has 0 saturated heterocycles. The van der Waals surface area contributed by atoms with Crippen molar-refractivity contribution in [3.8, 4) is 5.75 Å². The van der Waals surface area contributed by atoms with Gasteiger partial charge in [-0.05, 0) is 30.5 Å². The lowest BCUT2D eigenvalue weighted by Crippen LogP contribution is -2.41. The number of rotatable bonds is 7. The Hall–Kier alpha value is -1.59. The SMILES string of the molecule is COc1ccc(COCC2(C(N)C(=O)O)CC2)cc1. The number of methoxy groups -OCH3 is 1. The van der Waals surface area contributed by atoms with Crippen molar-refractivity contribution in [3.05, 3.63) is 29.8 Å². The standard InChI is InChI=1S/C14H19NO4/c1-18-11-4-2-10(3-5-11)8-19-9-14(6-7-14)12(15)13(16)17/h2-5,12H,6-9,15H2,1H3,(H,16,17). The summed E-state index contributed by atoms with van der Waals surface area (Å²) in [6.45, 7) is 0.852. The molecule has 1 aromatic rings. The monoisotopic (exact) mass is 265 g/mol. The first-order valence-corrected chi connectivity index (χ1v) is 6.26. The Kier molecular flexibility index (Phi) is 4.07. The van der Waals surface area contributed by atoms with Crippen molar-refractivity contribution in [3.63, 3.8) is 0 Å². The number of benzene rings is 1. The molecule has 1 fully saturated rings. The molecule has 1 atom stereocenters. The molecule has 0 heterocycles. The first kappa shape index (κ1) is 13.8. The number of ether oxygens (including phenoxy) is 2. The van der Waals surface area contributed by atoms with Crippen LogP contribution >= 0.6 is 0 Å². The van der Waals surface area contributed by atoms with Gasteiger partial charge in [0.15, 0.2) is 0 Å². The number of hydrogen-bond acceptors (Lipinski definition) is 4. The minimum Gasteiger partial charge on any atom is -0.497 e. The quantitative estimate of drug-likeness (QED) is 0.779. The smallest absolute Gasteiger partial charge is 0.321 e. The van der Waals surface area contributed by atoms with E-state index < -0.39 is 12.0 Å². The lowest BCUT2D eigenvalue weighted by molar-refractivity contribution is -0.141. The molecule has 19 heavy (non-hydrogen) atoms. The van der Waals surface area contributed by atoms with E-state index in [4.69, 9.17) is 20.3 Å². The van der Waals surface area contributed by atoms with Gasteiger partial charge in [-0.25, -0.2) is 0 Å². The van der Waals surface area contributed by atoms with E-state index in [1.807, 2.05) is 24.3 Å². The number of carboxylic acids is 1. The molecule has 1 unspecified atom stereocenters. The van der Waals surface area contributed by atoms with Crippen molar-refractivity contribution in [1.29, 1.82) is 0 Å². The summed E-state index contributed by atoms with van der Waals surface area (Å²) in [4.78, 5) is 10.9. The van der Waals surface area contributed by atoms with Crippen molar-refractivity contribution >= 4 is 5.97 Å². The number of aliphatic carboxylic acids is 1. The van der Waals surface area contributed by atoms with E-state index >= 15 is 0 Å². The Morgan fingerprint density at radius 2 is 2.05 bits per heavy atom. The molecule has 5 nitrogen and oxygen atoms in total. The second-order valence-electron chi connectivity index (χ2n) is 5.02. The van der Waals surface area contributed by atoms with Crippen molar-refractivity contribution in [2.75, 3.05) is 13.7 Å². The van der Waals surface area contributed by atoms with Crippen LogP contribution in [0.2, 0.25) is 0 Å². The van der Waals surface area contributed by atoms with E-state index in [1.54, 1.807) is 7.11 Å². The first-order chi connectivity index (χ1) is 9.07. The molecule has 1 aliphatic carbocycles. The molecule has 3 N–H and O–H groups in total. The van der Waals surface area contributed by atoms with Gasteiger partial charge < -0.3 is 20.3 Å². The molecule has 0 radical (unpaired) electrons. The summed E-state index contributed by atoms with van der Waals surface area (Å²) in [5.41, 5.74) is 6.34. The van der Waals surface area contributed by atoms with E-state index in [2.05, 4.69) is 0 Å². The van der Waals surface area contributed by atoms with Crippen molar-refractivity contribution in [2.24, 2.45) is 11.1 Å². The van der Waals surface area contributed by atoms with Crippen LogP contribution in [0.15, 0.2) is 24.3 Å². The lowest BCUT2D eigenvalue weighted by Gasteiger charge is -2.19. The van der Waals surface area contributed by atoms with Gasteiger partial charge in [-0.2, -0.15) is 0 Å². The van der Waals surface area contributed by atoms with Crippen LogP contribution in [0.4, 0.5) is 0 Å². The van der Waals surface area contributed by atoms with Gasteiger partial charge in [0, 0.05) is 5.41 Å². The van der Waals surface area contributed by atoms with Gasteiger partial charge in [0.1, 0.15) is 11.8 Å². The van der Waals surface area contributed by atoms with Crippen LogP contribution in [0.5, 0.6) is 5.75 Å². The van der Waals surface area contributed by atoms with Gasteiger partial charge in [-0.3, -0.25) is 4.79 Å². The molecule has 0 bridgehead atoms. The minimum atomic E-state index is -0.953. The highest BCUT2D eigenvalue weighted by Gasteiger charge is 2.51. The van der Waals surface area contributed by atoms with Gasteiger partial charge in [0.2, 0.25) is 0 Å². The fraction of sp³-hybridized carbons (Fsp3) is 0.500. The van der Waals surface area contributed by atoms with Crippen LogP contribution in [0.3, 0.4) is 0 Å². The molecule has 0 amide bonds. The van der Waals surface area contributed by atoms with Gasteiger partial charge in [0.25, 0.3) is 0 Å². The normalized spacial score (nSPS) is 17.8. The third-order valence-corrected chi connectivity index (χ3v) is 3.64. The number of carbonyl (C=O) groups is 1. The van der Waals surface area contributed by atoms with E-state index in [0.29, 0.717) is 13.2 Å². The second-order valence-corrected chi connectivity index (χ2v) is 5.02. The molecule has 0 spiro atoms. The zero-order valence-corrected chi connectivity index (χ0v) is 11.0. The van der Waals surface area contributed by atoms with Crippen LogP contribution in [-0.4, -0.2) is 30.8 Å². The number of nitrogens with two attached hydrogens (primary N) is 1. The van der Waals surface area contributed by atoms with Gasteiger partial charge in [-0.1, -0.05) is 12.1 Å². The zero-order chi connectivity index (χ0) is 13.9. The Balaban J connectivity index is 1.81. The maximum Gasteiger partial charge on any atom is 0.321 e. The van der Waals surface area contributed by atoms with Crippen LogP contribution in [0.1, 0.15) is 18.4 Å². The molecular weight excluding hydrogens is 246 g/mol. The summed E-state index contributed by atoms with van der Waals surface area (Å²) in [7, 11) is 1.62. The third kappa shape index (κ3) is 3.24. The van der Waals surface area contributed by atoms with Crippen molar-refractivity contribution in [1.82, 2.24) is 0 Å². The summed E-state index contributed by atoms with van der Waals surface area (Å²) in [5.74, 6) is -0.152. The molecule has 5 heteroatoms. The van der Waals surface area contributed by atoms with Crippen LogP contribution in [-0.2, 0) is 16.1 Å². The molecule has 0 aliphatic heterocycles. The summed E-state index contributed by atoms with van der Waals surface area (Å²) < 4.78 is 10.7. The number of hydrogen-bond donors (Lipinski definition) is 2. The Morgan fingerprint density at radius 3 is 2.53 bits per heavy atom. The maximum absolute atomic E-state index is 10.9. The Bertz CT molecular complexity index is 439. The van der Waals surface area contributed by atoms with E-state index in [-0.39, 0.29) is 5.41 Å². The predicted molar refractivity (Wildman–Crippen MR) is 69.9 cm³/mol. The highest BCUT2D eigenvalue weighted by atomic mass is 16.5. The summed E-state index contributed by atoms with van der Waals surface area (Å²) in [6, 6.07) is 6.76. The molecule has 1 aliphatic rings. The second kappa shape index (κ2) is 5.59. The van der Waals surface area contributed by atoms with Crippen molar-refractivity contribution < 1.29 is 19.4 Å². The van der Waals surface area contributed by atoms with Gasteiger partial charge >= 0.3 is 5.97 Å². The van der Waals surface area contributed by atoms with Crippen molar-refractivity contribution in [2.45, 2.75) is 25.5 Å². The Labute approximate surface area is 112 Å². The van der Waals surface area contributed by atoms with E-state index in [1.165, 1.54) is 0 Å².